The van der Waals surface area contributed by atoms with Crippen LogP contribution in [0.1, 0.15) is 12.8 Å². The number of carbonyl (C=O) groups excluding carboxylic acids is 2. The van der Waals surface area contributed by atoms with Crippen molar-refractivity contribution in [1.29, 1.82) is 0 Å². The SMILES string of the molecule is O=C=NC1CCC[N+]1=C=O. The van der Waals surface area contributed by atoms with Crippen molar-refractivity contribution in [1.82, 2.24) is 0 Å². The van der Waals surface area contributed by atoms with Gasteiger partial charge >= 0.3 is 6.08 Å². The standard InChI is InChI=1S/C6H7N2O2/c9-4-7-6-2-1-3-8(6)5-10/h6H,1-3H2/q+1. The minimum Gasteiger partial charge on any atom is -0.211 e. The van der Waals surface area contributed by atoms with Gasteiger partial charge in [-0.25, -0.2) is 4.79 Å². The molecule has 0 spiro atoms. The van der Waals surface area contributed by atoms with Gasteiger partial charge in [0.15, 0.2) is 6.54 Å². The lowest BCUT2D eigenvalue weighted by molar-refractivity contribution is -0.539. The van der Waals surface area contributed by atoms with Crippen molar-refractivity contribution in [3.05, 3.63) is 0 Å². The molecule has 4 nitrogen and oxygen atoms in total. The second-order valence-corrected chi connectivity index (χ2v) is 2.13. The van der Waals surface area contributed by atoms with Crippen LogP contribution in [0.5, 0.6) is 0 Å². The zero-order valence-corrected chi connectivity index (χ0v) is 5.41. The summed E-state index contributed by atoms with van der Waals surface area (Å²) < 4.78 is 1.38. The monoisotopic (exact) mass is 139 g/mol. The first-order valence-corrected chi connectivity index (χ1v) is 3.10. The molecule has 1 atom stereocenters. The molecule has 0 saturated carbocycles. The Hall–Kier alpha value is -1.24. The molecule has 0 radical (unpaired) electrons. The molecule has 10 heavy (non-hydrogen) atoms. The van der Waals surface area contributed by atoms with E-state index >= 15 is 0 Å². The second kappa shape index (κ2) is 3.06. The Morgan fingerprint density at radius 2 is 2.30 bits per heavy atom. The van der Waals surface area contributed by atoms with Crippen LogP contribution in [-0.4, -0.2) is 29.4 Å². The fourth-order valence-electron chi connectivity index (χ4n) is 1.05. The van der Waals surface area contributed by atoms with E-state index in [1.807, 2.05) is 0 Å². The molecular weight excluding hydrogens is 132 g/mol. The van der Waals surface area contributed by atoms with Crippen molar-refractivity contribution in [2.75, 3.05) is 6.54 Å². The number of rotatable bonds is 1. The van der Waals surface area contributed by atoms with Crippen molar-refractivity contribution in [2.24, 2.45) is 4.99 Å². The molecule has 0 bridgehead atoms. The highest BCUT2D eigenvalue weighted by atomic mass is 16.1. The van der Waals surface area contributed by atoms with E-state index in [1.165, 1.54) is 10.7 Å². The van der Waals surface area contributed by atoms with E-state index in [0.29, 0.717) is 6.54 Å². The van der Waals surface area contributed by atoms with Crippen molar-refractivity contribution >= 4 is 12.2 Å². The molecule has 0 aromatic rings. The van der Waals surface area contributed by atoms with Gasteiger partial charge in [0.05, 0.1) is 0 Å². The number of nitrogens with zero attached hydrogens (tertiary/aromatic N) is 2. The Labute approximate surface area is 57.9 Å². The quantitative estimate of drug-likeness (QED) is 0.287. The third-order valence-electron chi connectivity index (χ3n) is 1.54. The van der Waals surface area contributed by atoms with Crippen molar-refractivity contribution in [2.45, 2.75) is 19.0 Å². The normalized spacial score (nSPS) is 23.6. The summed E-state index contributed by atoms with van der Waals surface area (Å²) in [5.41, 5.74) is 0. The van der Waals surface area contributed by atoms with Gasteiger partial charge in [-0.3, -0.25) is 0 Å². The van der Waals surface area contributed by atoms with Crippen LogP contribution in [0.2, 0.25) is 0 Å². The maximum absolute atomic E-state index is 10.1. The molecule has 1 saturated heterocycles. The van der Waals surface area contributed by atoms with Crippen LogP contribution in [0.4, 0.5) is 0 Å². The molecule has 0 aromatic heterocycles. The molecule has 1 aliphatic heterocycles. The van der Waals surface area contributed by atoms with Gasteiger partial charge in [0, 0.05) is 12.8 Å². The molecule has 1 rings (SSSR count). The Balaban J connectivity index is 2.77. The van der Waals surface area contributed by atoms with Gasteiger partial charge in [0.25, 0.3) is 6.17 Å². The van der Waals surface area contributed by atoms with Gasteiger partial charge in [-0.15, -0.1) is 9.57 Å². The van der Waals surface area contributed by atoms with E-state index in [-0.39, 0.29) is 6.17 Å². The van der Waals surface area contributed by atoms with Crippen molar-refractivity contribution in [3.8, 4) is 0 Å². The summed E-state index contributed by atoms with van der Waals surface area (Å²) in [6.07, 6.45) is 4.49. The summed E-state index contributed by atoms with van der Waals surface area (Å²) in [7, 11) is 0. The molecule has 1 heterocycles. The molecule has 0 amide bonds. The lowest BCUT2D eigenvalue weighted by Crippen LogP contribution is -2.15. The molecule has 52 valence electrons. The largest absolute Gasteiger partial charge is 0.426 e. The van der Waals surface area contributed by atoms with Gasteiger partial charge in [-0.2, -0.15) is 4.79 Å². The minimum absolute atomic E-state index is 0.296. The maximum atomic E-state index is 10.1. The molecule has 0 N–H and O–H groups in total. The van der Waals surface area contributed by atoms with E-state index in [0.717, 1.165) is 12.8 Å². The fourth-order valence-corrected chi connectivity index (χ4v) is 1.05. The van der Waals surface area contributed by atoms with Gasteiger partial charge in [-0.05, 0) is 0 Å². The highest BCUT2D eigenvalue weighted by molar-refractivity contribution is 5.33. The first kappa shape index (κ1) is 6.87. The van der Waals surface area contributed by atoms with E-state index in [2.05, 4.69) is 4.99 Å². The molecule has 4 heteroatoms. The van der Waals surface area contributed by atoms with Crippen LogP contribution in [0.25, 0.3) is 0 Å². The smallest absolute Gasteiger partial charge is 0.211 e. The molecule has 1 unspecified atom stereocenters. The average Bonchev–Trinajstić information content (AvgIpc) is 2.36. The lowest BCUT2D eigenvalue weighted by atomic mass is 10.3. The van der Waals surface area contributed by atoms with E-state index in [1.54, 1.807) is 6.08 Å². The summed E-state index contributed by atoms with van der Waals surface area (Å²) in [4.78, 5) is 23.3. The average molecular weight is 139 g/mol. The van der Waals surface area contributed by atoms with Crippen LogP contribution in [0, 0.1) is 0 Å². The van der Waals surface area contributed by atoms with Gasteiger partial charge in [0.2, 0.25) is 6.08 Å². The fraction of sp³-hybridized carbons (Fsp3) is 0.667. The number of isocyanates is 2. The highest BCUT2D eigenvalue weighted by Gasteiger charge is 2.27. The zero-order valence-electron chi connectivity index (χ0n) is 5.41. The number of hydrogen-bond acceptors (Lipinski definition) is 3. The maximum Gasteiger partial charge on any atom is 0.426 e. The molecule has 0 aliphatic carbocycles. The Bertz CT molecular complexity index is 224. The third-order valence-corrected chi connectivity index (χ3v) is 1.54. The van der Waals surface area contributed by atoms with E-state index in [4.69, 9.17) is 0 Å². The summed E-state index contributed by atoms with van der Waals surface area (Å²) in [6, 6.07) is 0. The van der Waals surface area contributed by atoms with Crippen LogP contribution >= 0.6 is 0 Å². The predicted molar refractivity (Wildman–Crippen MR) is 32.0 cm³/mol. The van der Waals surface area contributed by atoms with Crippen LogP contribution in [0.15, 0.2) is 4.99 Å². The molecule has 1 aliphatic rings. The predicted octanol–water partition coefficient (Wildman–Crippen LogP) is -0.210. The Morgan fingerprint density at radius 3 is 2.90 bits per heavy atom. The molecule has 1 fully saturated rings. The zero-order chi connectivity index (χ0) is 7.40. The summed E-state index contributed by atoms with van der Waals surface area (Å²) >= 11 is 0. The van der Waals surface area contributed by atoms with Crippen molar-refractivity contribution in [3.63, 3.8) is 0 Å². The summed E-state index contributed by atoms with van der Waals surface area (Å²) in [5, 5.41) is 0. The Kier molecular flexibility index (Phi) is 2.11. The lowest BCUT2D eigenvalue weighted by Gasteiger charge is -1.89. The van der Waals surface area contributed by atoms with Crippen molar-refractivity contribution < 1.29 is 14.2 Å². The van der Waals surface area contributed by atoms with Gasteiger partial charge in [0.1, 0.15) is 0 Å². The summed E-state index contributed by atoms with van der Waals surface area (Å²) in [6.45, 7) is 0.652. The second-order valence-electron chi connectivity index (χ2n) is 2.13. The topological polar surface area (TPSA) is 49.5 Å². The third kappa shape index (κ3) is 1.18. The van der Waals surface area contributed by atoms with Crippen LogP contribution < -0.4 is 0 Å². The Morgan fingerprint density at radius 1 is 1.50 bits per heavy atom. The number of aliphatic imine (C=N–C) groups is 1. The van der Waals surface area contributed by atoms with Crippen LogP contribution in [0.3, 0.4) is 0 Å². The first-order valence-electron chi connectivity index (χ1n) is 3.10. The van der Waals surface area contributed by atoms with Crippen LogP contribution in [-0.2, 0) is 9.59 Å². The summed E-state index contributed by atoms with van der Waals surface area (Å²) in [5.74, 6) is 0. The molecular formula is C6H7N2O2+. The molecule has 0 aromatic carbocycles. The first-order chi connectivity index (χ1) is 4.88. The van der Waals surface area contributed by atoms with Gasteiger partial charge in [-0.1, -0.05) is 0 Å². The van der Waals surface area contributed by atoms with Gasteiger partial charge < -0.3 is 0 Å². The van der Waals surface area contributed by atoms with E-state index < -0.39 is 0 Å². The highest BCUT2D eigenvalue weighted by Crippen LogP contribution is 2.10. The minimum atomic E-state index is -0.296. The number of hydrogen-bond donors (Lipinski definition) is 0. The van der Waals surface area contributed by atoms with E-state index in [9.17, 15) is 9.59 Å².